The summed E-state index contributed by atoms with van der Waals surface area (Å²) >= 11 is 0. The van der Waals surface area contributed by atoms with E-state index in [-0.39, 0.29) is 11.7 Å². The standard InChI is InChI=1S/C18H28N2O4S/c1-4-5-13-25(22,23)20-10-6-9-19(11-12-20)18(21)16-14-15(2)7-8-17(16)24-3/h7-8,14H,4-6,9-13H2,1-3H3. The number of unbranched alkanes of at least 4 members (excludes halogenated alkanes) is 1. The number of carbonyl (C=O) groups is 1. The number of methoxy groups -OCH3 is 1. The summed E-state index contributed by atoms with van der Waals surface area (Å²) in [7, 11) is -1.68. The molecule has 1 amide bonds. The minimum absolute atomic E-state index is 0.103. The van der Waals surface area contributed by atoms with Gasteiger partial charge in [0.2, 0.25) is 10.0 Å². The van der Waals surface area contributed by atoms with Crippen LogP contribution in [0, 0.1) is 6.92 Å². The molecule has 0 N–H and O–H groups in total. The molecule has 1 fully saturated rings. The van der Waals surface area contributed by atoms with Gasteiger partial charge in [-0.15, -0.1) is 0 Å². The molecule has 7 heteroatoms. The molecule has 25 heavy (non-hydrogen) atoms. The van der Waals surface area contributed by atoms with E-state index in [1.54, 1.807) is 18.1 Å². The zero-order chi connectivity index (χ0) is 18.4. The topological polar surface area (TPSA) is 66.9 Å². The molecule has 0 unspecified atom stereocenters. The summed E-state index contributed by atoms with van der Waals surface area (Å²) in [5.41, 5.74) is 1.52. The van der Waals surface area contributed by atoms with Crippen LogP contribution in [0.5, 0.6) is 5.75 Å². The monoisotopic (exact) mass is 368 g/mol. The summed E-state index contributed by atoms with van der Waals surface area (Å²) in [6, 6.07) is 5.52. The minimum atomic E-state index is -3.23. The van der Waals surface area contributed by atoms with Crippen LogP contribution in [-0.4, -0.2) is 62.6 Å². The average molecular weight is 368 g/mol. The van der Waals surface area contributed by atoms with E-state index in [0.29, 0.717) is 50.3 Å². The molecular weight excluding hydrogens is 340 g/mol. The molecule has 0 aliphatic carbocycles. The normalized spacial score (nSPS) is 16.5. The van der Waals surface area contributed by atoms with Crippen molar-refractivity contribution in [3.63, 3.8) is 0 Å². The highest BCUT2D eigenvalue weighted by Crippen LogP contribution is 2.22. The van der Waals surface area contributed by atoms with Crippen molar-refractivity contribution in [2.24, 2.45) is 0 Å². The summed E-state index contributed by atoms with van der Waals surface area (Å²) in [5, 5.41) is 0. The Morgan fingerprint density at radius 2 is 1.96 bits per heavy atom. The Balaban J connectivity index is 2.10. The largest absolute Gasteiger partial charge is 0.496 e. The van der Waals surface area contributed by atoms with E-state index in [4.69, 9.17) is 4.74 Å². The lowest BCUT2D eigenvalue weighted by atomic mass is 10.1. The summed E-state index contributed by atoms with van der Waals surface area (Å²) in [6.45, 7) is 5.69. The third-order valence-corrected chi connectivity index (χ3v) is 6.43. The molecule has 1 aliphatic heterocycles. The second kappa shape index (κ2) is 8.67. The quantitative estimate of drug-likeness (QED) is 0.773. The Morgan fingerprint density at radius 1 is 1.20 bits per heavy atom. The highest BCUT2D eigenvalue weighted by Gasteiger charge is 2.27. The Bertz CT molecular complexity index is 703. The van der Waals surface area contributed by atoms with Gasteiger partial charge >= 0.3 is 0 Å². The second-order valence-corrected chi connectivity index (χ2v) is 8.51. The lowest BCUT2D eigenvalue weighted by molar-refractivity contribution is 0.0760. The molecule has 0 bridgehead atoms. The highest BCUT2D eigenvalue weighted by molar-refractivity contribution is 7.89. The number of sulfonamides is 1. The Kier molecular flexibility index (Phi) is 6.84. The van der Waals surface area contributed by atoms with Gasteiger partial charge in [-0.25, -0.2) is 12.7 Å². The third kappa shape index (κ3) is 4.95. The van der Waals surface area contributed by atoms with Crippen LogP contribution in [0.2, 0.25) is 0 Å². The number of aryl methyl sites for hydroxylation is 1. The van der Waals surface area contributed by atoms with Gasteiger partial charge in [-0.2, -0.15) is 0 Å². The first-order chi connectivity index (χ1) is 11.9. The summed E-state index contributed by atoms with van der Waals surface area (Å²) < 4.78 is 31.6. The molecule has 1 saturated heterocycles. The SMILES string of the molecule is CCCCS(=O)(=O)N1CCCN(C(=O)c2cc(C)ccc2OC)CC1. The number of nitrogens with zero attached hydrogens (tertiary/aromatic N) is 2. The van der Waals surface area contributed by atoms with Gasteiger partial charge in [0.05, 0.1) is 18.4 Å². The van der Waals surface area contributed by atoms with Crippen LogP contribution in [0.3, 0.4) is 0 Å². The Hall–Kier alpha value is -1.60. The van der Waals surface area contributed by atoms with Crippen LogP contribution in [0.15, 0.2) is 18.2 Å². The molecule has 6 nitrogen and oxygen atoms in total. The van der Waals surface area contributed by atoms with Gasteiger partial charge in [0.1, 0.15) is 5.75 Å². The van der Waals surface area contributed by atoms with Gasteiger partial charge in [-0.1, -0.05) is 25.0 Å². The highest BCUT2D eigenvalue weighted by atomic mass is 32.2. The van der Waals surface area contributed by atoms with Crippen molar-refractivity contribution >= 4 is 15.9 Å². The molecule has 1 heterocycles. The lowest BCUT2D eigenvalue weighted by Gasteiger charge is -2.23. The predicted molar refractivity (Wildman–Crippen MR) is 98.5 cm³/mol. The van der Waals surface area contributed by atoms with E-state index in [0.717, 1.165) is 12.0 Å². The summed E-state index contributed by atoms with van der Waals surface area (Å²) in [5.74, 6) is 0.629. The van der Waals surface area contributed by atoms with Gasteiger partial charge in [0.25, 0.3) is 5.91 Å². The van der Waals surface area contributed by atoms with Gasteiger partial charge in [-0.3, -0.25) is 4.79 Å². The van der Waals surface area contributed by atoms with Gasteiger partial charge in [-0.05, 0) is 31.9 Å². The van der Waals surface area contributed by atoms with E-state index < -0.39 is 10.0 Å². The first-order valence-corrected chi connectivity index (χ1v) is 10.4. The van der Waals surface area contributed by atoms with Crippen molar-refractivity contribution in [2.45, 2.75) is 33.1 Å². The zero-order valence-corrected chi connectivity index (χ0v) is 16.1. The fourth-order valence-electron chi connectivity index (χ4n) is 2.99. The van der Waals surface area contributed by atoms with Gasteiger partial charge in [0.15, 0.2) is 0 Å². The molecule has 1 aromatic rings. The molecule has 140 valence electrons. The van der Waals surface area contributed by atoms with E-state index in [1.807, 2.05) is 26.0 Å². The minimum Gasteiger partial charge on any atom is -0.496 e. The fraction of sp³-hybridized carbons (Fsp3) is 0.611. The third-order valence-electron chi connectivity index (χ3n) is 4.48. The molecule has 0 atom stereocenters. The molecule has 1 aromatic carbocycles. The smallest absolute Gasteiger partial charge is 0.257 e. The zero-order valence-electron chi connectivity index (χ0n) is 15.3. The molecule has 0 radical (unpaired) electrons. The number of rotatable bonds is 6. The van der Waals surface area contributed by atoms with E-state index in [1.165, 1.54) is 4.31 Å². The van der Waals surface area contributed by atoms with Crippen molar-refractivity contribution in [3.8, 4) is 5.75 Å². The fourth-order valence-corrected chi connectivity index (χ4v) is 4.67. The summed E-state index contributed by atoms with van der Waals surface area (Å²) in [4.78, 5) is 14.6. The van der Waals surface area contributed by atoms with Crippen LogP contribution in [0.4, 0.5) is 0 Å². The number of ether oxygens (including phenoxy) is 1. The average Bonchev–Trinajstić information content (AvgIpc) is 2.86. The Morgan fingerprint density at radius 3 is 2.64 bits per heavy atom. The maximum Gasteiger partial charge on any atom is 0.257 e. The molecule has 0 aromatic heterocycles. The van der Waals surface area contributed by atoms with E-state index in [2.05, 4.69) is 0 Å². The lowest BCUT2D eigenvalue weighted by Crippen LogP contribution is -2.38. The second-order valence-electron chi connectivity index (χ2n) is 6.42. The van der Waals surface area contributed by atoms with Crippen LogP contribution in [0.1, 0.15) is 42.1 Å². The van der Waals surface area contributed by atoms with Crippen molar-refractivity contribution < 1.29 is 17.9 Å². The first-order valence-electron chi connectivity index (χ1n) is 8.80. The molecule has 1 aliphatic rings. The molecule has 0 saturated carbocycles. The Labute approximate surface area is 150 Å². The van der Waals surface area contributed by atoms with Crippen molar-refractivity contribution in [2.75, 3.05) is 39.0 Å². The summed E-state index contributed by atoms with van der Waals surface area (Å²) in [6.07, 6.45) is 2.16. The molecule has 0 spiro atoms. The number of benzene rings is 1. The number of hydrogen-bond acceptors (Lipinski definition) is 4. The van der Waals surface area contributed by atoms with Gasteiger partial charge < -0.3 is 9.64 Å². The number of carbonyl (C=O) groups excluding carboxylic acids is 1. The maximum atomic E-state index is 12.9. The molecule has 2 rings (SSSR count). The van der Waals surface area contributed by atoms with Crippen LogP contribution < -0.4 is 4.74 Å². The van der Waals surface area contributed by atoms with Crippen LogP contribution >= 0.6 is 0 Å². The van der Waals surface area contributed by atoms with Crippen LogP contribution in [0.25, 0.3) is 0 Å². The predicted octanol–water partition coefficient (Wildman–Crippen LogP) is 2.28. The van der Waals surface area contributed by atoms with Crippen molar-refractivity contribution in [3.05, 3.63) is 29.3 Å². The molecular formula is C18H28N2O4S. The number of hydrogen-bond donors (Lipinski definition) is 0. The van der Waals surface area contributed by atoms with Crippen molar-refractivity contribution in [1.29, 1.82) is 0 Å². The van der Waals surface area contributed by atoms with E-state index in [9.17, 15) is 13.2 Å². The number of amides is 1. The maximum absolute atomic E-state index is 12.9. The van der Waals surface area contributed by atoms with Crippen LogP contribution in [-0.2, 0) is 10.0 Å². The van der Waals surface area contributed by atoms with E-state index >= 15 is 0 Å². The van der Waals surface area contributed by atoms with Gasteiger partial charge in [0, 0.05) is 26.2 Å². The first kappa shape index (κ1) is 19.7. The van der Waals surface area contributed by atoms with Crippen molar-refractivity contribution in [1.82, 2.24) is 9.21 Å².